The first-order chi connectivity index (χ1) is 7.70. The van der Waals surface area contributed by atoms with E-state index in [-0.39, 0.29) is 12.6 Å². The molecule has 0 bridgehead atoms. The van der Waals surface area contributed by atoms with E-state index in [9.17, 15) is 8.78 Å². The molecule has 1 atom stereocenters. The number of alkyl halides is 2. The van der Waals surface area contributed by atoms with Gasteiger partial charge >= 0.3 is 0 Å². The van der Waals surface area contributed by atoms with Gasteiger partial charge in [0.05, 0.1) is 12.3 Å². The monoisotopic (exact) mass is 231 g/mol. The van der Waals surface area contributed by atoms with Crippen LogP contribution in [0.25, 0.3) is 0 Å². The Hall–Kier alpha value is -1.14. The number of rotatable bonds is 7. The van der Waals surface area contributed by atoms with Gasteiger partial charge < -0.3 is 10.1 Å². The maximum atomic E-state index is 11.7. The van der Waals surface area contributed by atoms with Gasteiger partial charge in [0.25, 0.3) is 6.43 Å². The topological polar surface area (TPSA) is 47.0 Å². The predicted octanol–water partition coefficient (Wildman–Crippen LogP) is 1.41. The van der Waals surface area contributed by atoms with E-state index < -0.39 is 13.0 Å². The number of hydrogen-bond donors (Lipinski definition) is 1. The summed E-state index contributed by atoms with van der Waals surface area (Å²) < 4.78 is 28.2. The van der Waals surface area contributed by atoms with E-state index in [1.54, 1.807) is 18.6 Å². The van der Waals surface area contributed by atoms with Gasteiger partial charge in [-0.05, 0) is 6.92 Å². The van der Waals surface area contributed by atoms with Crippen molar-refractivity contribution < 1.29 is 13.5 Å². The summed E-state index contributed by atoms with van der Waals surface area (Å²) in [5, 5.41) is 3.10. The summed E-state index contributed by atoms with van der Waals surface area (Å²) in [6, 6.07) is 0.0313. The molecule has 1 N–H and O–H groups in total. The lowest BCUT2D eigenvalue weighted by molar-refractivity contribution is 0.0183. The van der Waals surface area contributed by atoms with Crippen LogP contribution in [0.4, 0.5) is 8.78 Å². The van der Waals surface area contributed by atoms with Gasteiger partial charge in [-0.2, -0.15) is 0 Å². The van der Waals surface area contributed by atoms with Gasteiger partial charge in [-0.15, -0.1) is 0 Å². The molecule has 0 amide bonds. The van der Waals surface area contributed by atoms with Gasteiger partial charge in [-0.25, -0.2) is 8.78 Å². The Morgan fingerprint density at radius 1 is 1.44 bits per heavy atom. The van der Waals surface area contributed by atoms with Gasteiger partial charge in [-0.1, -0.05) is 0 Å². The van der Waals surface area contributed by atoms with E-state index in [1.807, 2.05) is 6.92 Å². The zero-order valence-corrected chi connectivity index (χ0v) is 9.07. The summed E-state index contributed by atoms with van der Waals surface area (Å²) in [6.45, 7) is 2.18. The molecule has 0 radical (unpaired) electrons. The van der Waals surface area contributed by atoms with Gasteiger partial charge in [0.2, 0.25) is 0 Å². The molecular formula is C10H15F2N3O. The molecule has 0 fully saturated rings. The molecule has 0 aliphatic rings. The third kappa shape index (κ3) is 5.09. The van der Waals surface area contributed by atoms with Crippen LogP contribution in [-0.2, 0) is 4.74 Å². The second-order valence-corrected chi connectivity index (χ2v) is 3.27. The molecule has 4 nitrogen and oxygen atoms in total. The Bertz CT molecular complexity index is 285. The quantitative estimate of drug-likeness (QED) is 0.721. The summed E-state index contributed by atoms with van der Waals surface area (Å²) in [5.41, 5.74) is 0.816. The van der Waals surface area contributed by atoms with E-state index in [4.69, 9.17) is 4.74 Å². The van der Waals surface area contributed by atoms with E-state index in [1.165, 1.54) is 0 Å². The highest BCUT2D eigenvalue weighted by Gasteiger charge is 2.06. The Labute approximate surface area is 93.1 Å². The van der Waals surface area contributed by atoms with Crippen LogP contribution in [0.2, 0.25) is 0 Å². The number of aromatic nitrogens is 2. The number of hydrogen-bond acceptors (Lipinski definition) is 4. The van der Waals surface area contributed by atoms with E-state index in [0.717, 1.165) is 5.69 Å². The standard InChI is InChI=1S/C10H15F2N3O/c1-8(9-6-13-2-3-15-9)14-4-5-16-7-10(11)12/h2-3,6,8,10,14H,4-5,7H2,1H3. The van der Waals surface area contributed by atoms with Crippen LogP contribution in [0, 0.1) is 0 Å². The first-order valence-electron chi connectivity index (χ1n) is 5.05. The summed E-state index contributed by atoms with van der Waals surface area (Å²) >= 11 is 0. The molecule has 1 aromatic heterocycles. The molecule has 0 aliphatic heterocycles. The second-order valence-electron chi connectivity index (χ2n) is 3.27. The Morgan fingerprint density at radius 2 is 2.25 bits per heavy atom. The summed E-state index contributed by atoms with van der Waals surface area (Å²) in [6.07, 6.45) is 2.47. The van der Waals surface area contributed by atoms with E-state index in [0.29, 0.717) is 6.54 Å². The minimum Gasteiger partial charge on any atom is -0.374 e. The Kier molecular flexibility index (Phi) is 5.81. The molecule has 0 saturated carbocycles. The zero-order chi connectivity index (χ0) is 11.8. The first kappa shape index (κ1) is 12.9. The molecule has 0 aromatic carbocycles. The fourth-order valence-corrected chi connectivity index (χ4v) is 1.16. The molecule has 6 heteroatoms. The molecular weight excluding hydrogens is 216 g/mol. The number of nitrogens with one attached hydrogen (secondary N) is 1. The van der Waals surface area contributed by atoms with Gasteiger partial charge in [0.15, 0.2) is 0 Å². The van der Waals surface area contributed by atoms with Crippen molar-refractivity contribution in [1.29, 1.82) is 0 Å². The third-order valence-corrected chi connectivity index (χ3v) is 1.97. The average molecular weight is 231 g/mol. The zero-order valence-electron chi connectivity index (χ0n) is 9.07. The van der Waals surface area contributed by atoms with Crippen LogP contribution >= 0.6 is 0 Å². The maximum absolute atomic E-state index is 11.7. The minimum absolute atomic E-state index is 0.0313. The fourth-order valence-electron chi connectivity index (χ4n) is 1.16. The molecule has 1 rings (SSSR count). The SMILES string of the molecule is CC(NCCOCC(F)F)c1cnccn1. The molecule has 16 heavy (non-hydrogen) atoms. The maximum Gasteiger partial charge on any atom is 0.261 e. The van der Waals surface area contributed by atoms with E-state index in [2.05, 4.69) is 15.3 Å². The first-order valence-corrected chi connectivity index (χ1v) is 5.05. The van der Waals surface area contributed by atoms with Crippen LogP contribution < -0.4 is 5.32 Å². The third-order valence-electron chi connectivity index (χ3n) is 1.97. The van der Waals surface area contributed by atoms with E-state index >= 15 is 0 Å². The van der Waals surface area contributed by atoms with Crippen LogP contribution in [0.15, 0.2) is 18.6 Å². The molecule has 90 valence electrons. The van der Waals surface area contributed by atoms with Crippen LogP contribution in [0.3, 0.4) is 0 Å². The minimum atomic E-state index is -2.41. The highest BCUT2D eigenvalue weighted by Crippen LogP contribution is 2.05. The molecule has 1 aromatic rings. The molecule has 0 saturated heterocycles. The smallest absolute Gasteiger partial charge is 0.261 e. The van der Waals surface area contributed by atoms with Crippen molar-refractivity contribution in [2.75, 3.05) is 19.8 Å². The average Bonchev–Trinajstić information content (AvgIpc) is 2.29. The molecule has 1 heterocycles. The van der Waals surface area contributed by atoms with Gasteiger partial charge in [-0.3, -0.25) is 9.97 Å². The Balaban J connectivity index is 2.14. The molecule has 0 aliphatic carbocycles. The number of ether oxygens (including phenoxy) is 1. The van der Waals surface area contributed by atoms with Crippen molar-refractivity contribution in [2.45, 2.75) is 19.4 Å². The van der Waals surface area contributed by atoms with Crippen LogP contribution in [0.5, 0.6) is 0 Å². The van der Waals surface area contributed by atoms with Crippen molar-refractivity contribution in [2.24, 2.45) is 0 Å². The largest absolute Gasteiger partial charge is 0.374 e. The van der Waals surface area contributed by atoms with Gasteiger partial charge in [0, 0.05) is 31.2 Å². The summed E-state index contributed by atoms with van der Waals surface area (Å²) in [5.74, 6) is 0. The molecule has 1 unspecified atom stereocenters. The highest BCUT2D eigenvalue weighted by atomic mass is 19.3. The predicted molar refractivity (Wildman–Crippen MR) is 55.3 cm³/mol. The van der Waals surface area contributed by atoms with Crippen molar-refractivity contribution in [3.8, 4) is 0 Å². The van der Waals surface area contributed by atoms with Crippen molar-refractivity contribution in [1.82, 2.24) is 15.3 Å². The Morgan fingerprint density at radius 3 is 2.88 bits per heavy atom. The highest BCUT2D eigenvalue weighted by molar-refractivity contribution is 5.00. The second kappa shape index (κ2) is 7.19. The lowest BCUT2D eigenvalue weighted by Crippen LogP contribution is -2.24. The molecule has 0 spiro atoms. The van der Waals surface area contributed by atoms with Crippen molar-refractivity contribution >= 4 is 0 Å². The lowest BCUT2D eigenvalue weighted by Gasteiger charge is -2.12. The number of nitrogens with zero attached hydrogens (tertiary/aromatic N) is 2. The normalized spacial score (nSPS) is 13.0. The van der Waals surface area contributed by atoms with Gasteiger partial charge in [0.1, 0.15) is 6.61 Å². The number of halogens is 2. The van der Waals surface area contributed by atoms with Crippen LogP contribution in [-0.4, -0.2) is 36.2 Å². The lowest BCUT2D eigenvalue weighted by atomic mass is 10.2. The fraction of sp³-hybridized carbons (Fsp3) is 0.600. The van der Waals surface area contributed by atoms with Crippen molar-refractivity contribution in [3.63, 3.8) is 0 Å². The van der Waals surface area contributed by atoms with Crippen LogP contribution in [0.1, 0.15) is 18.7 Å². The summed E-state index contributed by atoms with van der Waals surface area (Å²) in [4.78, 5) is 8.06. The van der Waals surface area contributed by atoms with Crippen molar-refractivity contribution in [3.05, 3.63) is 24.3 Å². The summed E-state index contributed by atoms with van der Waals surface area (Å²) in [7, 11) is 0.